The molecule has 3 atom stereocenters. The predicted molar refractivity (Wildman–Crippen MR) is 74.6 cm³/mol. The summed E-state index contributed by atoms with van der Waals surface area (Å²) in [6.45, 7) is 10.3. The van der Waals surface area contributed by atoms with E-state index in [0.717, 1.165) is 0 Å². The number of nitrogens with one attached hydrogen (secondary N) is 1. The molecule has 19 heavy (non-hydrogen) atoms. The van der Waals surface area contributed by atoms with Gasteiger partial charge in [0.25, 0.3) is 0 Å². The monoisotopic (exact) mass is 272 g/mol. The number of ether oxygens (including phenoxy) is 1. The molecule has 0 aromatic rings. The molecule has 1 aliphatic rings. The minimum Gasteiger partial charge on any atom is -0.394 e. The van der Waals surface area contributed by atoms with Gasteiger partial charge in [-0.05, 0) is 12.8 Å². The van der Waals surface area contributed by atoms with Gasteiger partial charge in [-0.25, -0.2) is 0 Å². The largest absolute Gasteiger partial charge is 0.394 e. The third kappa shape index (κ3) is 2.78. The van der Waals surface area contributed by atoms with Crippen LogP contribution < -0.4 is 11.1 Å². The molecule has 0 spiro atoms. The molecule has 5 heteroatoms. The first-order valence-electron chi connectivity index (χ1n) is 7.03. The smallest absolute Gasteiger partial charge is 0.241 e. The summed E-state index contributed by atoms with van der Waals surface area (Å²) in [6.07, 6.45) is 0.538. The van der Waals surface area contributed by atoms with Crippen molar-refractivity contribution in [1.82, 2.24) is 5.32 Å². The molecule has 0 heterocycles. The summed E-state index contributed by atoms with van der Waals surface area (Å²) in [5.74, 6) is -0.0235. The number of hydrogen-bond acceptors (Lipinski definition) is 4. The molecule has 1 aliphatic carbocycles. The number of aliphatic hydroxyl groups is 1. The molecule has 112 valence electrons. The third-order valence-corrected chi connectivity index (χ3v) is 4.55. The Hall–Kier alpha value is -0.650. The second kappa shape index (κ2) is 5.77. The average Bonchev–Trinajstić information content (AvgIpc) is 2.34. The van der Waals surface area contributed by atoms with E-state index in [-0.39, 0.29) is 30.6 Å². The van der Waals surface area contributed by atoms with Gasteiger partial charge in [-0.2, -0.15) is 0 Å². The number of aliphatic hydroxyl groups excluding tert-OH is 1. The normalized spacial score (nSPS) is 30.8. The molecule has 1 amide bonds. The summed E-state index contributed by atoms with van der Waals surface area (Å²) >= 11 is 0. The standard InChI is InChI=1S/C14H28N2O3/c1-6-19-11-7-14(15,13(11,4)5)12(18)16-10(8-17)9(2)3/h9-11,17H,6-8,15H2,1-5H3,(H,16,18). The van der Waals surface area contributed by atoms with E-state index in [9.17, 15) is 9.90 Å². The van der Waals surface area contributed by atoms with E-state index >= 15 is 0 Å². The molecule has 0 saturated heterocycles. The van der Waals surface area contributed by atoms with Crippen LogP contribution in [-0.2, 0) is 9.53 Å². The first-order chi connectivity index (χ1) is 8.70. The summed E-state index contributed by atoms with van der Waals surface area (Å²) < 4.78 is 5.61. The lowest BCUT2D eigenvalue weighted by Crippen LogP contribution is -2.76. The van der Waals surface area contributed by atoms with Crippen LogP contribution >= 0.6 is 0 Å². The quantitative estimate of drug-likeness (QED) is 0.663. The zero-order valence-corrected chi connectivity index (χ0v) is 12.7. The summed E-state index contributed by atoms with van der Waals surface area (Å²) in [5, 5.41) is 12.1. The Kier molecular flexibility index (Phi) is 4.98. The number of nitrogens with two attached hydrogens (primary N) is 1. The number of carbonyl (C=O) groups is 1. The van der Waals surface area contributed by atoms with Crippen molar-refractivity contribution >= 4 is 5.91 Å². The highest BCUT2D eigenvalue weighted by atomic mass is 16.5. The molecule has 0 aromatic heterocycles. The lowest BCUT2D eigenvalue weighted by atomic mass is 9.54. The van der Waals surface area contributed by atoms with Gasteiger partial charge in [0.1, 0.15) is 5.54 Å². The molecular weight excluding hydrogens is 244 g/mol. The van der Waals surface area contributed by atoms with E-state index < -0.39 is 11.0 Å². The molecule has 1 rings (SSSR count). The number of amides is 1. The van der Waals surface area contributed by atoms with Crippen molar-refractivity contribution < 1.29 is 14.6 Å². The first kappa shape index (κ1) is 16.4. The van der Waals surface area contributed by atoms with Crippen LogP contribution in [0.15, 0.2) is 0 Å². The van der Waals surface area contributed by atoms with Gasteiger partial charge >= 0.3 is 0 Å². The Labute approximate surface area is 115 Å². The molecule has 5 nitrogen and oxygen atoms in total. The predicted octanol–water partition coefficient (Wildman–Crippen LogP) is 0.652. The van der Waals surface area contributed by atoms with E-state index in [1.165, 1.54) is 0 Å². The van der Waals surface area contributed by atoms with Crippen LogP contribution in [0.2, 0.25) is 0 Å². The highest BCUT2D eigenvalue weighted by molar-refractivity contribution is 5.89. The van der Waals surface area contributed by atoms with Crippen LogP contribution in [0.5, 0.6) is 0 Å². The van der Waals surface area contributed by atoms with Crippen LogP contribution in [-0.4, -0.2) is 41.9 Å². The van der Waals surface area contributed by atoms with E-state index in [2.05, 4.69) is 5.32 Å². The molecule has 1 fully saturated rings. The second-order valence-electron chi connectivity index (χ2n) is 6.35. The summed E-state index contributed by atoms with van der Waals surface area (Å²) in [6, 6.07) is -0.255. The summed E-state index contributed by atoms with van der Waals surface area (Å²) in [7, 11) is 0. The van der Waals surface area contributed by atoms with Gasteiger partial charge in [0.05, 0.1) is 18.8 Å². The Morgan fingerprint density at radius 1 is 1.53 bits per heavy atom. The zero-order chi connectivity index (χ0) is 14.8. The minimum absolute atomic E-state index is 0.0138. The molecule has 4 N–H and O–H groups in total. The van der Waals surface area contributed by atoms with E-state index in [1.807, 2.05) is 34.6 Å². The van der Waals surface area contributed by atoms with Gasteiger partial charge in [0.15, 0.2) is 0 Å². The van der Waals surface area contributed by atoms with Crippen molar-refractivity contribution in [2.24, 2.45) is 17.1 Å². The Morgan fingerprint density at radius 2 is 2.11 bits per heavy atom. The molecular formula is C14H28N2O3. The fraction of sp³-hybridized carbons (Fsp3) is 0.929. The highest BCUT2D eigenvalue weighted by Gasteiger charge is 2.63. The van der Waals surface area contributed by atoms with Gasteiger partial charge in [-0.3, -0.25) is 4.79 Å². The van der Waals surface area contributed by atoms with Crippen molar-refractivity contribution in [3.05, 3.63) is 0 Å². The topological polar surface area (TPSA) is 84.6 Å². The fourth-order valence-corrected chi connectivity index (χ4v) is 2.54. The fourth-order valence-electron chi connectivity index (χ4n) is 2.54. The van der Waals surface area contributed by atoms with Gasteiger partial charge in [0, 0.05) is 18.4 Å². The van der Waals surface area contributed by atoms with Gasteiger partial charge in [-0.1, -0.05) is 27.7 Å². The van der Waals surface area contributed by atoms with E-state index in [0.29, 0.717) is 13.0 Å². The maximum Gasteiger partial charge on any atom is 0.241 e. The second-order valence-corrected chi connectivity index (χ2v) is 6.35. The molecule has 0 aromatic carbocycles. The maximum absolute atomic E-state index is 12.4. The number of carbonyl (C=O) groups excluding carboxylic acids is 1. The van der Waals surface area contributed by atoms with Crippen molar-refractivity contribution in [2.75, 3.05) is 13.2 Å². The third-order valence-electron chi connectivity index (χ3n) is 4.55. The first-order valence-corrected chi connectivity index (χ1v) is 7.03. The van der Waals surface area contributed by atoms with Crippen molar-refractivity contribution in [3.63, 3.8) is 0 Å². The van der Waals surface area contributed by atoms with Crippen LogP contribution in [0.25, 0.3) is 0 Å². The minimum atomic E-state index is -0.921. The summed E-state index contributed by atoms with van der Waals surface area (Å²) in [5.41, 5.74) is 4.95. The van der Waals surface area contributed by atoms with Crippen LogP contribution in [0, 0.1) is 11.3 Å². The number of rotatable bonds is 6. The molecule has 0 aliphatic heterocycles. The van der Waals surface area contributed by atoms with Crippen molar-refractivity contribution in [3.8, 4) is 0 Å². The molecule has 3 unspecified atom stereocenters. The average molecular weight is 272 g/mol. The van der Waals surface area contributed by atoms with Crippen LogP contribution in [0.4, 0.5) is 0 Å². The summed E-state index contributed by atoms with van der Waals surface area (Å²) in [4.78, 5) is 12.4. The Balaban J connectivity index is 2.72. The molecule has 0 bridgehead atoms. The molecule has 0 radical (unpaired) electrons. The SMILES string of the molecule is CCOC1CC(N)(C(=O)NC(CO)C(C)C)C1(C)C. The lowest BCUT2D eigenvalue weighted by molar-refractivity contribution is -0.171. The Bertz CT molecular complexity index is 331. The van der Waals surface area contributed by atoms with E-state index in [1.54, 1.807) is 0 Å². The zero-order valence-electron chi connectivity index (χ0n) is 12.7. The van der Waals surface area contributed by atoms with E-state index in [4.69, 9.17) is 10.5 Å². The maximum atomic E-state index is 12.4. The lowest BCUT2D eigenvalue weighted by Gasteiger charge is -2.57. The van der Waals surface area contributed by atoms with Gasteiger partial charge < -0.3 is 20.9 Å². The van der Waals surface area contributed by atoms with Crippen LogP contribution in [0.1, 0.15) is 41.0 Å². The van der Waals surface area contributed by atoms with Gasteiger partial charge in [-0.15, -0.1) is 0 Å². The Morgan fingerprint density at radius 3 is 2.47 bits per heavy atom. The van der Waals surface area contributed by atoms with Crippen LogP contribution in [0.3, 0.4) is 0 Å². The van der Waals surface area contributed by atoms with Crippen molar-refractivity contribution in [2.45, 2.75) is 58.7 Å². The molecule has 1 saturated carbocycles. The highest BCUT2D eigenvalue weighted by Crippen LogP contribution is 2.49. The van der Waals surface area contributed by atoms with Gasteiger partial charge in [0.2, 0.25) is 5.91 Å². The number of hydrogen-bond donors (Lipinski definition) is 3. The van der Waals surface area contributed by atoms with Crippen molar-refractivity contribution in [1.29, 1.82) is 0 Å².